The van der Waals surface area contributed by atoms with Crippen molar-refractivity contribution in [3.8, 4) is 5.75 Å². The molecule has 5 rings (SSSR count). The maximum absolute atomic E-state index is 13.1. The summed E-state index contributed by atoms with van der Waals surface area (Å²) < 4.78 is 18.6. The third-order valence-corrected chi connectivity index (χ3v) is 6.75. The number of anilines is 2. The Morgan fingerprint density at radius 2 is 1.42 bits per heavy atom. The van der Waals surface area contributed by atoms with Gasteiger partial charge in [0.15, 0.2) is 0 Å². The van der Waals surface area contributed by atoms with Gasteiger partial charge in [-0.25, -0.2) is 4.39 Å². The highest BCUT2D eigenvalue weighted by Gasteiger charge is 2.48. The van der Waals surface area contributed by atoms with Crippen LogP contribution < -0.4 is 14.5 Å². The van der Waals surface area contributed by atoms with E-state index in [0.29, 0.717) is 11.4 Å². The molecular weight excluding hydrogens is 427 g/mol. The van der Waals surface area contributed by atoms with Gasteiger partial charge in [-0.1, -0.05) is 12.8 Å². The number of ether oxygens (including phenoxy) is 1. The van der Waals surface area contributed by atoms with E-state index in [1.807, 2.05) is 0 Å². The molecular formula is C25H23FN2O5. The largest absolute Gasteiger partial charge is 0.426 e. The van der Waals surface area contributed by atoms with E-state index >= 15 is 0 Å². The van der Waals surface area contributed by atoms with Gasteiger partial charge in [-0.3, -0.25) is 24.1 Å². The summed E-state index contributed by atoms with van der Waals surface area (Å²) in [5.41, 5.74) is 0.999. The van der Waals surface area contributed by atoms with Crippen molar-refractivity contribution in [2.75, 3.05) is 16.3 Å². The Hall–Kier alpha value is -3.55. The van der Waals surface area contributed by atoms with Crippen LogP contribution in [0.25, 0.3) is 0 Å². The second-order valence-corrected chi connectivity index (χ2v) is 8.81. The number of carbonyl (C=O) groups is 4. The van der Waals surface area contributed by atoms with Crippen LogP contribution >= 0.6 is 0 Å². The molecule has 170 valence electrons. The van der Waals surface area contributed by atoms with Crippen molar-refractivity contribution in [2.24, 2.45) is 17.8 Å². The second-order valence-electron chi connectivity index (χ2n) is 8.81. The minimum absolute atomic E-state index is 0.00779. The van der Waals surface area contributed by atoms with Gasteiger partial charge in [0, 0.05) is 18.7 Å². The van der Waals surface area contributed by atoms with E-state index in [0.717, 1.165) is 25.7 Å². The number of esters is 1. The number of rotatable bonds is 4. The van der Waals surface area contributed by atoms with Crippen molar-refractivity contribution in [2.45, 2.75) is 32.1 Å². The zero-order valence-electron chi connectivity index (χ0n) is 17.9. The molecule has 1 aliphatic carbocycles. The summed E-state index contributed by atoms with van der Waals surface area (Å²) in [6.45, 7) is 0.154. The highest BCUT2D eigenvalue weighted by molar-refractivity contribution is 6.22. The molecule has 1 saturated carbocycles. The lowest BCUT2D eigenvalue weighted by atomic mass is 9.81. The summed E-state index contributed by atoms with van der Waals surface area (Å²) in [6, 6.07) is 11.8. The molecule has 7 nitrogen and oxygen atoms in total. The number of fused-ring (bicyclic) bond motifs is 1. The molecule has 0 radical (unpaired) electrons. The fourth-order valence-corrected chi connectivity index (χ4v) is 5.02. The van der Waals surface area contributed by atoms with E-state index in [9.17, 15) is 23.6 Å². The number of benzene rings is 2. The molecule has 0 spiro atoms. The zero-order chi connectivity index (χ0) is 23.1. The second kappa shape index (κ2) is 8.42. The summed E-state index contributed by atoms with van der Waals surface area (Å²) in [5, 5.41) is 0. The highest BCUT2D eigenvalue weighted by Crippen LogP contribution is 2.40. The van der Waals surface area contributed by atoms with Crippen LogP contribution in [0, 0.1) is 23.6 Å². The van der Waals surface area contributed by atoms with E-state index in [4.69, 9.17) is 4.74 Å². The van der Waals surface area contributed by atoms with Crippen molar-refractivity contribution in [3.63, 3.8) is 0 Å². The van der Waals surface area contributed by atoms with Crippen LogP contribution in [0.5, 0.6) is 5.75 Å². The van der Waals surface area contributed by atoms with E-state index in [1.54, 1.807) is 24.3 Å². The minimum Gasteiger partial charge on any atom is -0.426 e. The van der Waals surface area contributed by atoms with E-state index in [2.05, 4.69) is 0 Å². The number of hydrogen-bond acceptors (Lipinski definition) is 5. The number of hydrogen-bond donors (Lipinski definition) is 0. The first-order chi connectivity index (χ1) is 15.9. The van der Waals surface area contributed by atoms with Crippen molar-refractivity contribution in [1.29, 1.82) is 0 Å². The molecule has 0 unspecified atom stereocenters. The Bertz CT molecular complexity index is 1090. The molecule has 2 aromatic rings. The topological polar surface area (TPSA) is 84.0 Å². The summed E-state index contributed by atoms with van der Waals surface area (Å²) in [5.74, 6) is -2.31. The number of nitrogens with zero attached hydrogens (tertiary/aromatic N) is 2. The number of halogens is 1. The predicted octanol–water partition coefficient (Wildman–Crippen LogP) is 3.46. The summed E-state index contributed by atoms with van der Waals surface area (Å²) >= 11 is 0. The van der Waals surface area contributed by atoms with Gasteiger partial charge < -0.3 is 9.64 Å². The van der Waals surface area contributed by atoms with Gasteiger partial charge in [-0.15, -0.1) is 0 Å². The molecule has 0 aromatic heterocycles. The molecule has 8 heteroatoms. The minimum atomic E-state index is -0.646. The van der Waals surface area contributed by atoms with Crippen LogP contribution in [0.3, 0.4) is 0 Å². The number of carbonyl (C=O) groups excluding carboxylic acids is 4. The first-order valence-electron chi connectivity index (χ1n) is 11.2. The lowest BCUT2D eigenvalue weighted by Crippen LogP contribution is -2.30. The maximum atomic E-state index is 13.1. The van der Waals surface area contributed by atoms with Crippen LogP contribution in [0.15, 0.2) is 48.5 Å². The molecule has 3 atom stereocenters. The van der Waals surface area contributed by atoms with Gasteiger partial charge in [0.05, 0.1) is 23.4 Å². The summed E-state index contributed by atoms with van der Waals surface area (Å²) in [6.07, 6.45) is 3.43. The fraction of sp³-hybridized carbons (Fsp3) is 0.360. The highest BCUT2D eigenvalue weighted by atomic mass is 19.1. The summed E-state index contributed by atoms with van der Waals surface area (Å²) in [4.78, 5) is 53.2. The Labute approximate surface area is 190 Å². The Kier molecular flexibility index (Phi) is 5.44. The molecule has 3 fully saturated rings. The maximum Gasteiger partial charge on any atom is 0.316 e. The van der Waals surface area contributed by atoms with Crippen LogP contribution in [0.1, 0.15) is 32.1 Å². The standard InChI is InChI=1S/C25H23FN2O5/c26-16-5-7-17(8-6-16)27-14-15(13-22(27)29)25(32)33-19-11-9-18(10-12-19)28-23(30)20-3-1-2-4-21(20)24(28)31/h5-12,15,20-21H,1-4,13-14H2/t15-,20-,21+/m0/s1. The van der Waals surface area contributed by atoms with Crippen LogP contribution in [-0.2, 0) is 19.2 Å². The monoisotopic (exact) mass is 450 g/mol. The van der Waals surface area contributed by atoms with Crippen molar-refractivity contribution >= 4 is 35.1 Å². The lowest BCUT2D eigenvalue weighted by Gasteiger charge is -2.19. The Morgan fingerprint density at radius 3 is 2.03 bits per heavy atom. The Balaban J connectivity index is 1.24. The first kappa shape index (κ1) is 21.3. The Morgan fingerprint density at radius 1 is 0.848 bits per heavy atom. The van der Waals surface area contributed by atoms with E-state index in [1.165, 1.54) is 34.1 Å². The number of imide groups is 1. The van der Waals surface area contributed by atoms with Gasteiger partial charge in [-0.05, 0) is 61.4 Å². The van der Waals surface area contributed by atoms with Gasteiger partial charge >= 0.3 is 5.97 Å². The SMILES string of the molecule is O=C(Oc1ccc(N2C(=O)[C@H]3CCCC[C@H]3C2=O)cc1)[C@H]1CC(=O)N(c2ccc(F)cc2)C1. The van der Waals surface area contributed by atoms with E-state index in [-0.39, 0.29) is 48.3 Å². The predicted molar refractivity (Wildman–Crippen MR) is 117 cm³/mol. The third kappa shape index (κ3) is 3.90. The molecule has 33 heavy (non-hydrogen) atoms. The van der Waals surface area contributed by atoms with Gasteiger partial charge in [0.1, 0.15) is 11.6 Å². The fourth-order valence-electron chi connectivity index (χ4n) is 5.02. The number of amides is 3. The molecule has 0 bridgehead atoms. The van der Waals surface area contributed by atoms with Gasteiger partial charge in [0.2, 0.25) is 17.7 Å². The van der Waals surface area contributed by atoms with Gasteiger partial charge in [-0.2, -0.15) is 0 Å². The quantitative estimate of drug-likeness (QED) is 0.405. The van der Waals surface area contributed by atoms with Crippen molar-refractivity contribution in [1.82, 2.24) is 0 Å². The molecule has 2 aromatic carbocycles. The zero-order valence-corrected chi connectivity index (χ0v) is 17.9. The average Bonchev–Trinajstić information content (AvgIpc) is 3.33. The van der Waals surface area contributed by atoms with Crippen molar-refractivity contribution in [3.05, 3.63) is 54.3 Å². The molecule has 3 aliphatic rings. The summed E-state index contributed by atoms with van der Waals surface area (Å²) in [7, 11) is 0. The van der Waals surface area contributed by atoms with E-state index < -0.39 is 17.7 Å². The normalized spacial score (nSPS) is 24.9. The lowest BCUT2D eigenvalue weighted by molar-refractivity contribution is -0.139. The average molecular weight is 450 g/mol. The molecule has 2 saturated heterocycles. The van der Waals surface area contributed by atoms with Crippen LogP contribution in [-0.4, -0.2) is 30.2 Å². The van der Waals surface area contributed by atoms with Crippen LogP contribution in [0.4, 0.5) is 15.8 Å². The van der Waals surface area contributed by atoms with Gasteiger partial charge in [0.25, 0.3) is 0 Å². The van der Waals surface area contributed by atoms with Crippen LogP contribution in [0.2, 0.25) is 0 Å². The van der Waals surface area contributed by atoms with Crippen molar-refractivity contribution < 1.29 is 28.3 Å². The first-order valence-corrected chi connectivity index (χ1v) is 11.2. The molecule has 3 amide bonds. The third-order valence-electron chi connectivity index (χ3n) is 6.75. The molecule has 2 aliphatic heterocycles. The smallest absolute Gasteiger partial charge is 0.316 e. The molecule has 2 heterocycles. The molecule has 0 N–H and O–H groups in total.